The summed E-state index contributed by atoms with van der Waals surface area (Å²) in [5.41, 5.74) is 2.59. The fraction of sp³-hybridized carbons (Fsp3) is 0.462. The molecule has 1 aliphatic rings. The predicted molar refractivity (Wildman–Crippen MR) is 69.5 cm³/mol. The van der Waals surface area contributed by atoms with Gasteiger partial charge in [0, 0.05) is 23.7 Å². The Bertz CT molecular complexity index is 420. The van der Waals surface area contributed by atoms with Crippen LogP contribution in [-0.4, -0.2) is 34.8 Å². The van der Waals surface area contributed by atoms with Crippen molar-refractivity contribution >= 4 is 17.7 Å². The van der Waals surface area contributed by atoms with Gasteiger partial charge in [-0.2, -0.15) is 0 Å². The van der Waals surface area contributed by atoms with E-state index in [2.05, 4.69) is 25.1 Å². The van der Waals surface area contributed by atoms with Gasteiger partial charge in [0.15, 0.2) is 0 Å². The van der Waals surface area contributed by atoms with Gasteiger partial charge in [-0.3, -0.25) is 9.69 Å². The molecular formula is C13H17NO2S. The Morgan fingerprint density at radius 1 is 1.53 bits per heavy atom. The van der Waals surface area contributed by atoms with Gasteiger partial charge in [0.2, 0.25) is 0 Å². The standard InChI is InChI=1S/C13H17NO2S/c1-2-10-3-4-12-11(7-10)8-14(5-6-17-12)9-13(15)16/h3-4,7H,2,5-6,8-9H2,1H3,(H,15,16). The number of aliphatic carboxylic acids is 1. The molecule has 0 bridgehead atoms. The van der Waals surface area contributed by atoms with Gasteiger partial charge in [0.05, 0.1) is 6.54 Å². The van der Waals surface area contributed by atoms with E-state index in [1.54, 1.807) is 0 Å². The molecule has 1 heterocycles. The Balaban J connectivity index is 2.19. The van der Waals surface area contributed by atoms with Crippen LogP contribution < -0.4 is 0 Å². The number of rotatable bonds is 3. The molecule has 0 saturated heterocycles. The first-order valence-electron chi connectivity index (χ1n) is 5.88. The zero-order valence-electron chi connectivity index (χ0n) is 9.98. The Morgan fingerprint density at radius 3 is 3.06 bits per heavy atom. The second kappa shape index (κ2) is 5.56. The molecule has 0 atom stereocenters. The first kappa shape index (κ1) is 12.5. The minimum absolute atomic E-state index is 0.135. The van der Waals surface area contributed by atoms with Crippen molar-refractivity contribution in [3.8, 4) is 0 Å². The fourth-order valence-corrected chi connectivity index (χ4v) is 3.09. The number of carbonyl (C=O) groups is 1. The number of hydrogen-bond donors (Lipinski definition) is 1. The molecule has 1 aromatic rings. The highest BCUT2D eigenvalue weighted by Gasteiger charge is 2.16. The highest BCUT2D eigenvalue weighted by Crippen LogP contribution is 2.28. The summed E-state index contributed by atoms with van der Waals surface area (Å²) in [4.78, 5) is 14.1. The summed E-state index contributed by atoms with van der Waals surface area (Å²) >= 11 is 1.82. The molecule has 0 radical (unpaired) electrons. The van der Waals surface area contributed by atoms with E-state index in [-0.39, 0.29) is 6.54 Å². The van der Waals surface area contributed by atoms with Crippen LogP contribution in [0.15, 0.2) is 23.1 Å². The molecule has 2 rings (SSSR count). The van der Waals surface area contributed by atoms with Gasteiger partial charge in [-0.05, 0) is 23.6 Å². The molecule has 0 amide bonds. The summed E-state index contributed by atoms with van der Waals surface area (Å²) in [5.74, 6) is 0.219. The van der Waals surface area contributed by atoms with E-state index in [4.69, 9.17) is 5.11 Å². The van der Waals surface area contributed by atoms with Gasteiger partial charge in [0.1, 0.15) is 0 Å². The minimum atomic E-state index is -0.745. The molecule has 3 nitrogen and oxygen atoms in total. The first-order chi connectivity index (χ1) is 8.19. The first-order valence-corrected chi connectivity index (χ1v) is 6.86. The van der Waals surface area contributed by atoms with Crippen molar-refractivity contribution in [2.45, 2.75) is 24.8 Å². The van der Waals surface area contributed by atoms with Crippen molar-refractivity contribution in [1.29, 1.82) is 0 Å². The summed E-state index contributed by atoms with van der Waals surface area (Å²) < 4.78 is 0. The van der Waals surface area contributed by atoms with Crippen LogP contribution >= 0.6 is 11.8 Å². The fourth-order valence-electron chi connectivity index (χ4n) is 2.05. The molecule has 1 aliphatic heterocycles. The van der Waals surface area contributed by atoms with E-state index in [0.29, 0.717) is 0 Å². The second-order valence-electron chi connectivity index (χ2n) is 4.25. The molecular weight excluding hydrogens is 234 g/mol. The number of hydrogen-bond acceptors (Lipinski definition) is 3. The molecule has 0 saturated carbocycles. The SMILES string of the molecule is CCc1ccc2c(c1)CN(CC(=O)O)CCS2. The minimum Gasteiger partial charge on any atom is -0.480 e. The van der Waals surface area contributed by atoms with E-state index in [1.165, 1.54) is 16.0 Å². The van der Waals surface area contributed by atoms with Gasteiger partial charge in [0.25, 0.3) is 0 Å². The third kappa shape index (κ3) is 3.23. The van der Waals surface area contributed by atoms with Crippen molar-refractivity contribution in [2.75, 3.05) is 18.8 Å². The predicted octanol–water partition coefficient (Wildman–Crippen LogP) is 2.24. The molecule has 0 aromatic heterocycles. The average molecular weight is 251 g/mol. The molecule has 17 heavy (non-hydrogen) atoms. The van der Waals surface area contributed by atoms with Crippen LogP contribution in [0.25, 0.3) is 0 Å². The Hall–Kier alpha value is -1.00. The summed E-state index contributed by atoms with van der Waals surface area (Å²) in [5, 5.41) is 8.86. The lowest BCUT2D eigenvalue weighted by Crippen LogP contribution is -2.30. The number of fused-ring (bicyclic) bond motifs is 1. The number of carboxylic acids is 1. The zero-order chi connectivity index (χ0) is 12.3. The van der Waals surface area contributed by atoms with E-state index in [9.17, 15) is 4.79 Å². The van der Waals surface area contributed by atoms with Crippen molar-refractivity contribution in [3.05, 3.63) is 29.3 Å². The number of thioether (sulfide) groups is 1. The van der Waals surface area contributed by atoms with E-state index >= 15 is 0 Å². The van der Waals surface area contributed by atoms with Crippen LogP contribution in [0.5, 0.6) is 0 Å². The molecule has 0 aliphatic carbocycles. The quantitative estimate of drug-likeness (QED) is 0.894. The zero-order valence-corrected chi connectivity index (χ0v) is 10.8. The van der Waals surface area contributed by atoms with Crippen molar-refractivity contribution in [3.63, 3.8) is 0 Å². The lowest BCUT2D eigenvalue weighted by Gasteiger charge is -2.17. The maximum atomic E-state index is 10.8. The summed E-state index contributed by atoms with van der Waals surface area (Å²) in [6, 6.07) is 6.55. The molecule has 0 spiro atoms. The van der Waals surface area contributed by atoms with Crippen molar-refractivity contribution in [1.82, 2.24) is 4.90 Å². The Kier molecular flexibility index (Phi) is 4.07. The summed E-state index contributed by atoms with van der Waals surface area (Å²) in [7, 11) is 0. The molecule has 1 aromatic carbocycles. The van der Waals surface area contributed by atoms with Crippen LogP contribution in [0.3, 0.4) is 0 Å². The number of carboxylic acid groups (broad SMARTS) is 1. The molecule has 4 heteroatoms. The maximum absolute atomic E-state index is 10.8. The Labute approximate surface area is 106 Å². The summed E-state index contributed by atoms with van der Waals surface area (Å²) in [6.07, 6.45) is 1.02. The van der Waals surface area contributed by atoms with Crippen LogP contribution in [0.1, 0.15) is 18.1 Å². The Morgan fingerprint density at radius 2 is 2.35 bits per heavy atom. The van der Waals surface area contributed by atoms with Crippen molar-refractivity contribution < 1.29 is 9.90 Å². The molecule has 0 fully saturated rings. The molecule has 1 N–H and O–H groups in total. The molecule has 92 valence electrons. The van der Waals surface area contributed by atoms with Gasteiger partial charge < -0.3 is 5.11 Å². The third-order valence-electron chi connectivity index (χ3n) is 2.95. The van der Waals surface area contributed by atoms with Crippen LogP contribution in [0.2, 0.25) is 0 Å². The molecule has 0 unspecified atom stereocenters. The maximum Gasteiger partial charge on any atom is 0.317 e. The summed E-state index contributed by atoms with van der Waals surface area (Å²) in [6.45, 7) is 3.87. The highest BCUT2D eigenvalue weighted by molar-refractivity contribution is 7.99. The number of nitrogens with zero attached hydrogens (tertiary/aromatic N) is 1. The topological polar surface area (TPSA) is 40.5 Å². The smallest absolute Gasteiger partial charge is 0.317 e. The van der Waals surface area contributed by atoms with E-state index < -0.39 is 5.97 Å². The average Bonchev–Trinajstić information content (AvgIpc) is 2.48. The lowest BCUT2D eigenvalue weighted by molar-refractivity contribution is -0.138. The van der Waals surface area contributed by atoms with Crippen LogP contribution in [0.4, 0.5) is 0 Å². The normalized spacial score (nSPS) is 16.3. The van der Waals surface area contributed by atoms with Gasteiger partial charge >= 0.3 is 5.97 Å². The van der Waals surface area contributed by atoms with Crippen LogP contribution in [0, 0.1) is 0 Å². The number of aryl methyl sites for hydroxylation is 1. The monoisotopic (exact) mass is 251 g/mol. The van der Waals surface area contributed by atoms with E-state index in [0.717, 1.165) is 25.3 Å². The lowest BCUT2D eigenvalue weighted by atomic mass is 10.1. The largest absolute Gasteiger partial charge is 0.480 e. The van der Waals surface area contributed by atoms with Gasteiger partial charge in [-0.1, -0.05) is 19.1 Å². The number of benzene rings is 1. The van der Waals surface area contributed by atoms with Crippen LogP contribution in [-0.2, 0) is 17.8 Å². The second-order valence-corrected chi connectivity index (χ2v) is 5.39. The van der Waals surface area contributed by atoms with Gasteiger partial charge in [-0.15, -0.1) is 11.8 Å². The van der Waals surface area contributed by atoms with Crippen molar-refractivity contribution in [2.24, 2.45) is 0 Å². The highest BCUT2D eigenvalue weighted by atomic mass is 32.2. The van der Waals surface area contributed by atoms with Gasteiger partial charge in [-0.25, -0.2) is 0 Å². The van der Waals surface area contributed by atoms with E-state index in [1.807, 2.05) is 16.7 Å². The third-order valence-corrected chi connectivity index (χ3v) is 4.05.